The van der Waals surface area contributed by atoms with Gasteiger partial charge in [-0.3, -0.25) is 0 Å². The summed E-state index contributed by atoms with van der Waals surface area (Å²) in [5.74, 6) is 2.20. The minimum absolute atomic E-state index is 0.249. The summed E-state index contributed by atoms with van der Waals surface area (Å²) in [7, 11) is 0. The minimum Gasteiger partial charge on any atom is -0.493 e. The summed E-state index contributed by atoms with van der Waals surface area (Å²) >= 11 is 1.46. The van der Waals surface area contributed by atoms with E-state index in [4.69, 9.17) is 9.15 Å². The van der Waals surface area contributed by atoms with Gasteiger partial charge in [-0.1, -0.05) is 6.07 Å². The van der Waals surface area contributed by atoms with Gasteiger partial charge in [-0.15, -0.1) is 22.0 Å². The molecular weight excluding hydrogens is 315 g/mol. The number of halogens is 1. The zero-order valence-corrected chi connectivity index (χ0v) is 13.0. The molecule has 0 saturated carbocycles. The monoisotopic (exact) mass is 328 g/mol. The van der Waals surface area contributed by atoms with Crippen molar-refractivity contribution in [3.8, 4) is 17.2 Å². The Kier molecular flexibility index (Phi) is 3.75. The number of nitrogens with zero attached hydrogens (tertiary/aromatic N) is 2. The van der Waals surface area contributed by atoms with E-state index in [0.29, 0.717) is 17.5 Å². The molecule has 0 spiro atoms. The Hall–Kier alpha value is -2.34. The third-order valence-electron chi connectivity index (χ3n) is 3.56. The molecule has 0 aliphatic carbocycles. The fourth-order valence-electron chi connectivity index (χ4n) is 2.45. The molecule has 2 aromatic carbocycles. The van der Waals surface area contributed by atoms with E-state index in [1.807, 2.05) is 24.3 Å². The Morgan fingerprint density at radius 2 is 2.09 bits per heavy atom. The highest BCUT2D eigenvalue weighted by Crippen LogP contribution is 2.30. The Morgan fingerprint density at radius 1 is 1.13 bits per heavy atom. The Labute approximate surface area is 136 Å². The zero-order valence-electron chi connectivity index (χ0n) is 12.2. The molecule has 4 rings (SSSR count). The summed E-state index contributed by atoms with van der Waals surface area (Å²) in [5, 5.41) is 8.16. The van der Waals surface area contributed by atoms with E-state index in [1.165, 1.54) is 23.9 Å². The molecule has 1 aliphatic heterocycles. The molecule has 6 heteroatoms. The molecule has 0 fully saturated rings. The van der Waals surface area contributed by atoms with Crippen LogP contribution in [0.2, 0.25) is 0 Å². The molecule has 4 nitrogen and oxygen atoms in total. The molecule has 0 saturated heterocycles. The Bertz CT molecular complexity index is 850. The summed E-state index contributed by atoms with van der Waals surface area (Å²) in [5.41, 5.74) is 2.06. The van der Waals surface area contributed by atoms with Gasteiger partial charge in [0.25, 0.3) is 0 Å². The van der Waals surface area contributed by atoms with Crippen molar-refractivity contribution in [3.05, 3.63) is 59.7 Å². The van der Waals surface area contributed by atoms with Crippen molar-refractivity contribution in [2.24, 2.45) is 0 Å². The predicted octanol–water partition coefficient (Wildman–Crippen LogP) is 4.10. The third kappa shape index (κ3) is 3.07. The quantitative estimate of drug-likeness (QED) is 0.675. The zero-order chi connectivity index (χ0) is 15.6. The maximum Gasteiger partial charge on any atom is 0.247 e. The number of benzene rings is 2. The Balaban J connectivity index is 1.48. The third-order valence-corrected chi connectivity index (χ3v) is 4.54. The Morgan fingerprint density at radius 3 is 3.00 bits per heavy atom. The van der Waals surface area contributed by atoms with Gasteiger partial charge in [0.1, 0.15) is 11.6 Å². The van der Waals surface area contributed by atoms with Crippen molar-refractivity contribution < 1.29 is 13.5 Å². The standard InChI is InChI=1S/C17H13FN2O2S/c18-13-2-1-3-14(9-13)23-10-16-19-20-17(22-16)12-4-5-15-11(8-12)6-7-21-15/h1-5,8-9H,6-7,10H2. The first-order valence-corrected chi connectivity index (χ1v) is 8.23. The molecule has 0 radical (unpaired) electrons. The van der Waals surface area contributed by atoms with Crippen LogP contribution in [0.3, 0.4) is 0 Å². The van der Waals surface area contributed by atoms with Crippen molar-refractivity contribution in [1.82, 2.24) is 10.2 Å². The molecular formula is C17H13FN2O2S. The van der Waals surface area contributed by atoms with E-state index in [1.54, 1.807) is 6.07 Å². The highest BCUT2D eigenvalue weighted by atomic mass is 32.2. The number of rotatable bonds is 4. The average Bonchev–Trinajstić information content (AvgIpc) is 3.21. The average molecular weight is 328 g/mol. The highest BCUT2D eigenvalue weighted by molar-refractivity contribution is 7.98. The van der Waals surface area contributed by atoms with Crippen molar-refractivity contribution in [2.45, 2.75) is 17.1 Å². The molecule has 23 heavy (non-hydrogen) atoms. The summed E-state index contributed by atoms with van der Waals surface area (Å²) in [4.78, 5) is 0.833. The summed E-state index contributed by atoms with van der Waals surface area (Å²) in [6.07, 6.45) is 0.902. The smallest absolute Gasteiger partial charge is 0.247 e. The topological polar surface area (TPSA) is 48.2 Å². The first-order valence-electron chi connectivity index (χ1n) is 7.25. The van der Waals surface area contributed by atoms with Crippen LogP contribution in [0.25, 0.3) is 11.5 Å². The van der Waals surface area contributed by atoms with Gasteiger partial charge in [-0.2, -0.15) is 0 Å². The molecule has 3 aromatic rings. The largest absolute Gasteiger partial charge is 0.493 e. The molecule has 0 N–H and O–H groups in total. The van der Waals surface area contributed by atoms with E-state index in [9.17, 15) is 4.39 Å². The highest BCUT2D eigenvalue weighted by Gasteiger charge is 2.15. The number of hydrogen-bond donors (Lipinski definition) is 0. The molecule has 0 unspecified atom stereocenters. The van der Waals surface area contributed by atoms with Crippen molar-refractivity contribution >= 4 is 11.8 Å². The van der Waals surface area contributed by atoms with Crippen LogP contribution in [0, 0.1) is 5.82 Å². The first-order chi connectivity index (χ1) is 11.3. The minimum atomic E-state index is -0.249. The van der Waals surface area contributed by atoms with Crippen LogP contribution in [0.4, 0.5) is 4.39 Å². The van der Waals surface area contributed by atoms with E-state index in [0.717, 1.165) is 34.8 Å². The van der Waals surface area contributed by atoms with Gasteiger partial charge in [-0.05, 0) is 42.0 Å². The number of fused-ring (bicyclic) bond motifs is 1. The molecule has 116 valence electrons. The van der Waals surface area contributed by atoms with E-state index in [2.05, 4.69) is 10.2 Å². The van der Waals surface area contributed by atoms with Crippen molar-refractivity contribution in [1.29, 1.82) is 0 Å². The molecule has 0 amide bonds. The second kappa shape index (κ2) is 6.04. The van der Waals surface area contributed by atoms with Crippen LogP contribution in [-0.2, 0) is 12.2 Å². The van der Waals surface area contributed by atoms with Gasteiger partial charge in [0.05, 0.1) is 12.4 Å². The van der Waals surface area contributed by atoms with Crippen molar-refractivity contribution in [2.75, 3.05) is 6.61 Å². The van der Waals surface area contributed by atoms with Gasteiger partial charge in [0, 0.05) is 16.9 Å². The number of ether oxygens (including phenoxy) is 1. The lowest BCUT2D eigenvalue weighted by Gasteiger charge is -2.00. The molecule has 2 heterocycles. The predicted molar refractivity (Wildman–Crippen MR) is 84.9 cm³/mol. The summed E-state index contributed by atoms with van der Waals surface area (Å²) in [6, 6.07) is 12.3. The lowest BCUT2D eigenvalue weighted by Crippen LogP contribution is -1.85. The maximum atomic E-state index is 13.2. The molecule has 1 aromatic heterocycles. The molecule has 1 aliphatic rings. The second-order valence-electron chi connectivity index (χ2n) is 5.17. The number of aromatic nitrogens is 2. The number of thioether (sulfide) groups is 1. The first kappa shape index (κ1) is 14.3. The van der Waals surface area contributed by atoms with Crippen LogP contribution >= 0.6 is 11.8 Å². The summed E-state index contributed by atoms with van der Waals surface area (Å²) < 4.78 is 24.3. The van der Waals surface area contributed by atoms with Crippen LogP contribution < -0.4 is 4.74 Å². The fourth-order valence-corrected chi connectivity index (χ4v) is 3.23. The molecule has 0 bridgehead atoms. The van der Waals surface area contributed by atoms with Crippen LogP contribution in [-0.4, -0.2) is 16.8 Å². The van der Waals surface area contributed by atoms with Crippen LogP contribution in [0.5, 0.6) is 5.75 Å². The van der Waals surface area contributed by atoms with Crippen molar-refractivity contribution in [3.63, 3.8) is 0 Å². The van der Waals surface area contributed by atoms with E-state index >= 15 is 0 Å². The fraction of sp³-hybridized carbons (Fsp3) is 0.176. The van der Waals surface area contributed by atoms with E-state index in [-0.39, 0.29) is 5.82 Å². The van der Waals surface area contributed by atoms with Gasteiger partial charge >= 0.3 is 0 Å². The van der Waals surface area contributed by atoms with E-state index < -0.39 is 0 Å². The van der Waals surface area contributed by atoms with Gasteiger partial charge in [-0.25, -0.2) is 4.39 Å². The lowest BCUT2D eigenvalue weighted by molar-refractivity contribution is 0.357. The van der Waals surface area contributed by atoms with Gasteiger partial charge in [0.2, 0.25) is 11.8 Å². The second-order valence-corrected chi connectivity index (χ2v) is 6.22. The van der Waals surface area contributed by atoms with Gasteiger partial charge < -0.3 is 9.15 Å². The summed E-state index contributed by atoms with van der Waals surface area (Å²) in [6.45, 7) is 0.720. The van der Waals surface area contributed by atoms with Gasteiger partial charge in [0.15, 0.2) is 0 Å². The number of hydrogen-bond acceptors (Lipinski definition) is 5. The van der Waals surface area contributed by atoms with Crippen LogP contribution in [0.1, 0.15) is 11.5 Å². The maximum absolute atomic E-state index is 13.2. The molecule has 0 atom stereocenters. The SMILES string of the molecule is Fc1cccc(SCc2nnc(-c3ccc4c(c3)CCO4)o2)c1. The normalized spacial score (nSPS) is 12.9. The lowest BCUT2D eigenvalue weighted by atomic mass is 10.1. The van der Waals surface area contributed by atoms with Crippen LogP contribution in [0.15, 0.2) is 51.8 Å².